The molecule has 2 unspecified atom stereocenters. The maximum absolute atomic E-state index is 6.19. The molecule has 3 aliphatic rings. The van der Waals surface area contributed by atoms with Gasteiger partial charge in [-0.25, -0.2) is 0 Å². The minimum atomic E-state index is 0.608. The summed E-state index contributed by atoms with van der Waals surface area (Å²) in [6.45, 7) is 3.10. The van der Waals surface area contributed by atoms with E-state index in [9.17, 15) is 0 Å². The molecule has 2 saturated carbocycles. The van der Waals surface area contributed by atoms with Crippen LogP contribution in [0.1, 0.15) is 18.4 Å². The molecule has 1 aromatic rings. The van der Waals surface area contributed by atoms with Gasteiger partial charge in [-0.05, 0) is 72.9 Å². The predicted octanol–water partition coefficient (Wildman–Crippen LogP) is 4.23. The van der Waals surface area contributed by atoms with E-state index in [-0.39, 0.29) is 0 Å². The SMILES string of the molecule is Clc1ccc(C(=COCC2CC2)C2C3CNCC32)cc1Cl. The molecule has 0 radical (unpaired) electrons. The van der Waals surface area contributed by atoms with Crippen molar-refractivity contribution in [3.8, 4) is 0 Å². The lowest BCUT2D eigenvalue weighted by molar-refractivity contribution is 0.235. The molecule has 1 aliphatic heterocycles. The molecule has 1 aromatic carbocycles. The third-order valence-corrected chi connectivity index (χ3v) is 5.68. The summed E-state index contributed by atoms with van der Waals surface area (Å²) in [6.07, 6.45) is 4.62. The number of benzene rings is 1. The van der Waals surface area contributed by atoms with Crippen LogP contribution in [-0.4, -0.2) is 19.7 Å². The quantitative estimate of drug-likeness (QED) is 0.819. The normalized spacial score (nSPS) is 31.1. The highest BCUT2D eigenvalue weighted by atomic mass is 35.5. The zero-order chi connectivity index (χ0) is 14.4. The van der Waals surface area contributed by atoms with E-state index < -0.39 is 0 Å². The average Bonchev–Trinajstić information content (AvgIpc) is 3.37. The molecule has 112 valence electrons. The molecule has 0 bridgehead atoms. The van der Waals surface area contributed by atoms with Crippen molar-refractivity contribution in [2.24, 2.45) is 23.7 Å². The van der Waals surface area contributed by atoms with Gasteiger partial charge in [0.2, 0.25) is 0 Å². The molecule has 4 rings (SSSR count). The third kappa shape index (κ3) is 2.81. The summed E-state index contributed by atoms with van der Waals surface area (Å²) in [4.78, 5) is 0. The fraction of sp³-hybridized carbons (Fsp3) is 0.529. The average molecular weight is 324 g/mol. The lowest BCUT2D eigenvalue weighted by Gasteiger charge is -2.12. The molecule has 2 nitrogen and oxygen atoms in total. The van der Waals surface area contributed by atoms with E-state index in [0.29, 0.717) is 16.0 Å². The summed E-state index contributed by atoms with van der Waals surface area (Å²) < 4.78 is 5.85. The molecule has 3 fully saturated rings. The van der Waals surface area contributed by atoms with Gasteiger partial charge in [-0.15, -0.1) is 0 Å². The maximum atomic E-state index is 6.19. The number of hydrogen-bond donors (Lipinski definition) is 1. The molecule has 1 heterocycles. The van der Waals surface area contributed by atoms with Crippen LogP contribution in [-0.2, 0) is 4.74 Å². The molecular weight excluding hydrogens is 305 g/mol. The van der Waals surface area contributed by atoms with Crippen molar-refractivity contribution < 1.29 is 4.74 Å². The Morgan fingerprint density at radius 1 is 1.19 bits per heavy atom. The number of rotatable bonds is 5. The Kier molecular flexibility index (Phi) is 3.64. The van der Waals surface area contributed by atoms with Crippen molar-refractivity contribution in [1.82, 2.24) is 5.32 Å². The Morgan fingerprint density at radius 2 is 1.95 bits per heavy atom. The molecule has 0 aromatic heterocycles. The van der Waals surface area contributed by atoms with Gasteiger partial charge in [-0.3, -0.25) is 0 Å². The minimum Gasteiger partial charge on any atom is -0.501 e. The van der Waals surface area contributed by atoms with E-state index >= 15 is 0 Å². The predicted molar refractivity (Wildman–Crippen MR) is 86.5 cm³/mol. The van der Waals surface area contributed by atoms with Crippen LogP contribution in [0.5, 0.6) is 0 Å². The summed E-state index contributed by atoms with van der Waals surface area (Å²) >= 11 is 12.2. The van der Waals surface area contributed by atoms with E-state index in [0.717, 1.165) is 43.0 Å². The first-order chi connectivity index (χ1) is 10.2. The molecule has 1 N–H and O–H groups in total. The molecule has 0 spiro atoms. The van der Waals surface area contributed by atoms with Gasteiger partial charge >= 0.3 is 0 Å². The number of ether oxygens (including phenoxy) is 1. The molecule has 2 aliphatic carbocycles. The van der Waals surface area contributed by atoms with Crippen LogP contribution in [0.25, 0.3) is 5.57 Å². The topological polar surface area (TPSA) is 21.3 Å². The number of nitrogens with one attached hydrogen (secondary N) is 1. The van der Waals surface area contributed by atoms with Crippen LogP contribution in [0, 0.1) is 23.7 Å². The molecule has 2 atom stereocenters. The zero-order valence-corrected chi connectivity index (χ0v) is 13.3. The van der Waals surface area contributed by atoms with Crippen molar-refractivity contribution in [3.05, 3.63) is 40.1 Å². The van der Waals surface area contributed by atoms with E-state index in [2.05, 4.69) is 11.4 Å². The summed E-state index contributed by atoms with van der Waals surface area (Å²) in [5.41, 5.74) is 2.45. The number of allylic oxidation sites excluding steroid dienone is 1. The van der Waals surface area contributed by atoms with Crippen LogP contribution in [0.3, 0.4) is 0 Å². The first kappa shape index (κ1) is 13.9. The van der Waals surface area contributed by atoms with Crippen LogP contribution in [0.4, 0.5) is 0 Å². The standard InChI is InChI=1S/C17H19Cl2NO/c18-15-4-3-11(5-16(15)19)14(9-21-8-10-1-2-10)17-12-6-20-7-13(12)17/h3-5,9-10,12-13,17,20H,1-2,6-8H2. The van der Waals surface area contributed by atoms with Gasteiger partial charge < -0.3 is 10.1 Å². The fourth-order valence-corrected chi connectivity index (χ4v) is 3.75. The van der Waals surface area contributed by atoms with E-state index in [1.807, 2.05) is 18.4 Å². The summed E-state index contributed by atoms with van der Waals surface area (Å²) in [5, 5.41) is 4.67. The van der Waals surface area contributed by atoms with Gasteiger partial charge in [0.05, 0.1) is 22.9 Å². The first-order valence-electron chi connectivity index (χ1n) is 7.72. The number of halogens is 2. The molecule has 4 heteroatoms. The fourth-order valence-electron chi connectivity index (χ4n) is 3.45. The molecular formula is C17H19Cl2NO. The number of hydrogen-bond acceptors (Lipinski definition) is 2. The highest BCUT2D eigenvalue weighted by Gasteiger charge is 2.54. The summed E-state index contributed by atoms with van der Waals surface area (Å²) in [5.74, 6) is 2.91. The van der Waals surface area contributed by atoms with Crippen molar-refractivity contribution in [2.45, 2.75) is 12.8 Å². The second-order valence-corrected chi connectivity index (χ2v) is 7.30. The largest absolute Gasteiger partial charge is 0.501 e. The Labute approximate surface area is 135 Å². The Bertz CT molecular complexity index is 572. The van der Waals surface area contributed by atoms with E-state index in [1.165, 1.54) is 18.4 Å². The number of fused-ring (bicyclic) bond motifs is 1. The van der Waals surface area contributed by atoms with Crippen molar-refractivity contribution in [3.63, 3.8) is 0 Å². The molecule has 21 heavy (non-hydrogen) atoms. The molecule has 1 saturated heterocycles. The first-order valence-corrected chi connectivity index (χ1v) is 8.47. The smallest absolute Gasteiger partial charge is 0.0901 e. The third-order valence-electron chi connectivity index (χ3n) is 4.94. The maximum Gasteiger partial charge on any atom is 0.0901 e. The lowest BCUT2D eigenvalue weighted by atomic mass is 10.00. The van der Waals surface area contributed by atoms with E-state index in [4.69, 9.17) is 27.9 Å². The van der Waals surface area contributed by atoms with Gasteiger partial charge in [0.25, 0.3) is 0 Å². The van der Waals surface area contributed by atoms with Crippen molar-refractivity contribution in [1.29, 1.82) is 0 Å². The Balaban J connectivity index is 1.57. The zero-order valence-electron chi connectivity index (χ0n) is 11.8. The second-order valence-electron chi connectivity index (χ2n) is 6.49. The Hall–Kier alpha value is -0.700. The van der Waals surface area contributed by atoms with Gasteiger partial charge in [0, 0.05) is 0 Å². The second kappa shape index (κ2) is 5.49. The highest BCUT2D eigenvalue weighted by Crippen LogP contribution is 2.56. The van der Waals surface area contributed by atoms with Crippen LogP contribution in [0.2, 0.25) is 10.0 Å². The lowest BCUT2D eigenvalue weighted by Crippen LogP contribution is -2.15. The van der Waals surface area contributed by atoms with Gasteiger partial charge in [-0.2, -0.15) is 0 Å². The Morgan fingerprint density at radius 3 is 2.62 bits per heavy atom. The van der Waals surface area contributed by atoms with Crippen LogP contribution < -0.4 is 5.32 Å². The van der Waals surface area contributed by atoms with Gasteiger partial charge in [0.15, 0.2) is 0 Å². The van der Waals surface area contributed by atoms with Crippen molar-refractivity contribution in [2.75, 3.05) is 19.7 Å². The summed E-state index contributed by atoms with van der Waals surface area (Å²) in [7, 11) is 0. The van der Waals surface area contributed by atoms with E-state index in [1.54, 1.807) is 0 Å². The highest BCUT2D eigenvalue weighted by molar-refractivity contribution is 6.42. The van der Waals surface area contributed by atoms with Gasteiger partial charge in [0.1, 0.15) is 0 Å². The monoisotopic (exact) mass is 323 g/mol. The molecule has 0 amide bonds. The van der Waals surface area contributed by atoms with Crippen LogP contribution >= 0.6 is 23.2 Å². The van der Waals surface area contributed by atoms with Crippen molar-refractivity contribution >= 4 is 28.8 Å². The minimum absolute atomic E-state index is 0.608. The van der Waals surface area contributed by atoms with Gasteiger partial charge in [-0.1, -0.05) is 29.3 Å². The number of piperidine rings is 1. The van der Waals surface area contributed by atoms with Crippen LogP contribution in [0.15, 0.2) is 24.5 Å². The summed E-state index contributed by atoms with van der Waals surface area (Å²) in [6, 6.07) is 5.91.